The average Bonchev–Trinajstić information content (AvgIpc) is 2.68. The van der Waals surface area contributed by atoms with Crippen LogP contribution in [0.5, 0.6) is 5.75 Å². The Balaban J connectivity index is 2.51. The summed E-state index contributed by atoms with van der Waals surface area (Å²) in [7, 11) is 0. The number of para-hydroxylation sites is 1. The monoisotopic (exact) mass is 211 g/mol. The first kappa shape index (κ1) is 9.28. The topological polar surface area (TPSA) is 36.0 Å². The summed E-state index contributed by atoms with van der Waals surface area (Å²) in [6.45, 7) is 2.09. The number of rotatable bonds is 1. The highest BCUT2D eigenvalue weighted by Crippen LogP contribution is 2.32. The summed E-state index contributed by atoms with van der Waals surface area (Å²) in [5.74, 6) is 0.338. The van der Waals surface area contributed by atoms with E-state index in [0.29, 0.717) is 5.75 Å². The Bertz CT molecular complexity index is 667. The Morgan fingerprint density at radius 3 is 2.75 bits per heavy atom. The van der Waals surface area contributed by atoms with E-state index in [1.165, 1.54) is 5.39 Å². The number of aromatic hydroxyl groups is 1. The van der Waals surface area contributed by atoms with Gasteiger partial charge in [0.25, 0.3) is 0 Å². The van der Waals surface area contributed by atoms with Gasteiger partial charge in [-0.1, -0.05) is 25.1 Å². The SMILES string of the molecule is CCc1cc(O)c2[nH]c3ccccc3c2c1. The number of hydrogen-bond acceptors (Lipinski definition) is 1. The Kier molecular flexibility index (Phi) is 1.90. The highest BCUT2D eigenvalue weighted by Gasteiger charge is 2.08. The lowest BCUT2D eigenvalue weighted by Gasteiger charge is -2.00. The molecule has 0 saturated carbocycles. The molecule has 3 rings (SSSR count). The number of aromatic amines is 1. The van der Waals surface area contributed by atoms with Crippen molar-refractivity contribution >= 4 is 21.8 Å². The van der Waals surface area contributed by atoms with E-state index in [9.17, 15) is 5.11 Å². The molecular formula is C14H13NO. The van der Waals surface area contributed by atoms with E-state index in [4.69, 9.17) is 0 Å². The van der Waals surface area contributed by atoms with Gasteiger partial charge in [-0.05, 0) is 30.2 Å². The number of nitrogens with one attached hydrogen (secondary N) is 1. The number of fused-ring (bicyclic) bond motifs is 3. The summed E-state index contributed by atoms with van der Waals surface area (Å²) >= 11 is 0. The minimum absolute atomic E-state index is 0.338. The van der Waals surface area contributed by atoms with Crippen molar-refractivity contribution in [2.45, 2.75) is 13.3 Å². The molecule has 3 aromatic rings. The van der Waals surface area contributed by atoms with Crippen LogP contribution in [0.1, 0.15) is 12.5 Å². The number of benzene rings is 2. The summed E-state index contributed by atoms with van der Waals surface area (Å²) < 4.78 is 0. The molecule has 0 aliphatic heterocycles. The smallest absolute Gasteiger partial charge is 0.139 e. The van der Waals surface area contributed by atoms with Crippen LogP contribution in [0.25, 0.3) is 21.8 Å². The van der Waals surface area contributed by atoms with Gasteiger partial charge >= 0.3 is 0 Å². The maximum Gasteiger partial charge on any atom is 0.139 e. The molecule has 80 valence electrons. The lowest BCUT2D eigenvalue weighted by atomic mass is 10.1. The number of phenolic OH excluding ortho intramolecular Hbond substituents is 1. The van der Waals surface area contributed by atoms with Crippen LogP contribution in [0.2, 0.25) is 0 Å². The third-order valence-corrected chi connectivity index (χ3v) is 3.06. The van der Waals surface area contributed by atoms with Crippen molar-refractivity contribution < 1.29 is 5.11 Å². The number of H-pyrrole nitrogens is 1. The molecule has 1 heterocycles. The molecule has 0 radical (unpaired) electrons. The predicted octanol–water partition coefficient (Wildman–Crippen LogP) is 3.59. The molecule has 0 aliphatic rings. The number of hydrogen-bond donors (Lipinski definition) is 2. The van der Waals surface area contributed by atoms with Gasteiger partial charge in [0.2, 0.25) is 0 Å². The molecule has 0 spiro atoms. The zero-order valence-corrected chi connectivity index (χ0v) is 9.12. The molecule has 0 amide bonds. The van der Waals surface area contributed by atoms with Crippen LogP contribution in [0.15, 0.2) is 36.4 Å². The van der Waals surface area contributed by atoms with Crippen LogP contribution < -0.4 is 0 Å². The maximum absolute atomic E-state index is 9.95. The fraction of sp³-hybridized carbons (Fsp3) is 0.143. The van der Waals surface area contributed by atoms with Gasteiger partial charge in [0, 0.05) is 16.3 Å². The largest absolute Gasteiger partial charge is 0.506 e. The van der Waals surface area contributed by atoms with E-state index in [0.717, 1.165) is 28.4 Å². The molecular weight excluding hydrogens is 198 g/mol. The van der Waals surface area contributed by atoms with Gasteiger partial charge in [0.05, 0.1) is 5.52 Å². The number of phenols is 1. The van der Waals surface area contributed by atoms with E-state index in [1.807, 2.05) is 24.3 Å². The standard InChI is InChI=1S/C14H13NO/c1-2-9-7-11-10-5-3-4-6-12(10)15-14(11)13(16)8-9/h3-8,15-16H,2H2,1H3. The van der Waals surface area contributed by atoms with E-state index in [-0.39, 0.29) is 0 Å². The van der Waals surface area contributed by atoms with Crippen LogP contribution in [-0.2, 0) is 6.42 Å². The van der Waals surface area contributed by atoms with E-state index < -0.39 is 0 Å². The quantitative estimate of drug-likeness (QED) is 0.634. The second-order valence-electron chi connectivity index (χ2n) is 4.06. The summed E-state index contributed by atoms with van der Waals surface area (Å²) in [5, 5.41) is 12.2. The van der Waals surface area contributed by atoms with Crippen LogP contribution in [0, 0.1) is 0 Å². The second kappa shape index (κ2) is 3.27. The Hall–Kier alpha value is -1.96. The zero-order chi connectivity index (χ0) is 11.1. The average molecular weight is 211 g/mol. The summed E-state index contributed by atoms with van der Waals surface area (Å²) in [5.41, 5.74) is 3.06. The summed E-state index contributed by atoms with van der Waals surface area (Å²) in [6.07, 6.45) is 0.934. The molecule has 16 heavy (non-hydrogen) atoms. The molecule has 0 aliphatic carbocycles. The minimum atomic E-state index is 0.338. The van der Waals surface area contributed by atoms with Gasteiger partial charge in [-0.15, -0.1) is 0 Å². The zero-order valence-electron chi connectivity index (χ0n) is 9.12. The van der Waals surface area contributed by atoms with Crippen LogP contribution >= 0.6 is 0 Å². The van der Waals surface area contributed by atoms with Gasteiger partial charge in [-0.2, -0.15) is 0 Å². The molecule has 2 heteroatoms. The Morgan fingerprint density at radius 2 is 1.94 bits per heavy atom. The van der Waals surface area contributed by atoms with E-state index >= 15 is 0 Å². The van der Waals surface area contributed by atoms with Crippen LogP contribution in [-0.4, -0.2) is 10.1 Å². The first-order valence-electron chi connectivity index (χ1n) is 5.52. The molecule has 1 aromatic heterocycles. The minimum Gasteiger partial charge on any atom is -0.506 e. The number of aromatic nitrogens is 1. The second-order valence-corrected chi connectivity index (χ2v) is 4.06. The molecule has 0 saturated heterocycles. The Labute approximate surface area is 93.5 Å². The molecule has 0 unspecified atom stereocenters. The van der Waals surface area contributed by atoms with Crippen molar-refractivity contribution in [1.29, 1.82) is 0 Å². The third-order valence-electron chi connectivity index (χ3n) is 3.06. The van der Waals surface area contributed by atoms with Gasteiger partial charge in [0.15, 0.2) is 0 Å². The van der Waals surface area contributed by atoms with Crippen molar-refractivity contribution in [2.24, 2.45) is 0 Å². The van der Waals surface area contributed by atoms with Crippen molar-refractivity contribution in [3.05, 3.63) is 42.0 Å². The molecule has 0 fully saturated rings. The first-order valence-corrected chi connectivity index (χ1v) is 5.52. The highest BCUT2D eigenvalue weighted by atomic mass is 16.3. The van der Waals surface area contributed by atoms with Gasteiger partial charge < -0.3 is 10.1 Å². The predicted molar refractivity (Wildman–Crippen MR) is 66.8 cm³/mol. The third kappa shape index (κ3) is 1.20. The van der Waals surface area contributed by atoms with Crippen LogP contribution in [0.4, 0.5) is 0 Å². The molecule has 2 aromatic carbocycles. The maximum atomic E-state index is 9.95. The van der Waals surface area contributed by atoms with Gasteiger partial charge in [0.1, 0.15) is 5.75 Å². The van der Waals surface area contributed by atoms with Gasteiger partial charge in [-0.25, -0.2) is 0 Å². The lowest BCUT2D eigenvalue weighted by Crippen LogP contribution is -1.80. The molecule has 2 N–H and O–H groups in total. The first-order chi connectivity index (χ1) is 7.79. The highest BCUT2D eigenvalue weighted by molar-refractivity contribution is 6.09. The van der Waals surface area contributed by atoms with Crippen LogP contribution in [0.3, 0.4) is 0 Å². The number of aryl methyl sites for hydroxylation is 1. The molecule has 0 bridgehead atoms. The fourth-order valence-electron chi connectivity index (χ4n) is 2.19. The molecule has 0 atom stereocenters. The van der Waals surface area contributed by atoms with Gasteiger partial charge in [-0.3, -0.25) is 0 Å². The van der Waals surface area contributed by atoms with Crippen molar-refractivity contribution in [2.75, 3.05) is 0 Å². The lowest BCUT2D eigenvalue weighted by molar-refractivity contribution is 0.480. The van der Waals surface area contributed by atoms with Crippen molar-refractivity contribution in [3.63, 3.8) is 0 Å². The fourth-order valence-corrected chi connectivity index (χ4v) is 2.19. The normalized spacial score (nSPS) is 11.3. The van der Waals surface area contributed by atoms with Crippen molar-refractivity contribution in [3.8, 4) is 5.75 Å². The van der Waals surface area contributed by atoms with E-state index in [2.05, 4.69) is 24.0 Å². The summed E-state index contributed by atoms with van der Waals surface area (Å²) in [4.78, 5) is 3.25. The van der Waals surface area contributed by atoms with Crippen molar-refractivity contribution in [1.82, 2.24) is 4.98 Å². The van der Waals surface area contributed by atoms with E-state index in [1.54, 1.807) is 0 Å². The Morgan fingerprint density at radius 1 is 1.12 bits per heavy atom. The molecule has 2 nitrogen and oxygen atoms in total. The summed E-state index contributed by atoms with van der Waals surface area (Å²) in [6, 6.07) is 12.1.